The third kappa shape index (κ3) is 4.10. The second kappa shape index (κ2) is 6.86. The molecule has 4 heteroatoms. The molecule has 0 saturated carbocycles. The predicted molar refractivity (Wildman–Crippen MR) is 62.2 cm³/mol. The van der Waals surface area contributed by atoms with Crippen LogP contribution in [0.5, 0.6) is 0 Å². The number of piperidine rings is 1. The number of methoxy groups -OCH3 is 2. The van der Waals surface area contributed by atoms with Gasteiger partial charge in [-0.1, -0.05) is 6.92 Å². The molecule has 2 unspecified atom stereocenters. The molecule has 1 aliphatic rings. The Morgan fingerprint density at radius 2 is 2.25 bits per heavy atom. The maximum Gasteiger partial charge on any atom is 0.309 e. The first-order chi connectivity index (χ1) is 7.67. The molecule has 0 spiro atoms. The Balaban J connectivity index is 2.33. The van der Waals surface area contributed by atoms with Crippen LogP contribution < -0.4 is 0 Å². The fourth-order valence-electron chi connectivity index (χ4n) is 2.35. The Bertz CT molecular complexity index is 218. The van der Waals surface area contributed by atoms with Gasteiger partial charge in [-0.15, -0.1) is 0 Å². The van der Waals surface area contributed by atoms with Crippen molar-refractivity contribution in [3.63, 3.8) is 0 Å². The largest absolute Gasteiger partial charge is 0.469 e. The summed E-state index contributed by atoms with van der Waals surface area (Å²) in [6.07, 6.45) is 2.43. The number of ether oxygens (including phenoxy) is 2. The number of hydrogen-bond donors (Lipinski definition) is 0. The van der Waals surface area contributed by atoms with Gasteiger partial charge < -0.3 is 14.4 Å². The molecule has 1 fully saturated rings. The van der Waals surface area contributed by atoms with Crippen LogP contribution in [-0.2, 0) is 14.3 Å². The summed E-state index contributed by atoms with van der Waals surface area (Å²) < 4.78 is 9.92. The van der Waals surface area contributed by atoms with Crippen molar-refractivity contribution in [3.8, 4) is 0 Å². The predicted octanol–water partition coefficient (Wildman–Crippen LogP) is 1.15. The summed E-state index contributed by atoms with van der Waals surface area (Å²) in [7, 11) is 3.19. The number of carbonyl (C=O) groups is 1. The summed E-state index contributed by atoms with van der Waals surface area (Å²) in [5.74, 6) is 0.462. The lowest BCUT2D eigenvalue weighted by atomic mass is 9.98. The number of carbonyl (C=O) groups excluding carboxylic acids is 1. The SMILES string of the molecule is COCC1CCCN(CC(C)C(=O)OC)C1. The second-order valence-corrected chi connectivity index (χ2v) is 4.65. The van der Waals surface area contributed by atoms with Crippen LogP contribution >= 0.6 is 0 Å². The second-order valence-electron chi connectivity index (χ2n) is 4.65. The van der Waals surface area contributed by atoms with Crippen LogP contribution in [0.3, 0.4) is 0 Å². The van der Waals surface area contributed by atoms with Crippen LogP contribution in [-0.4, -0.2) is 51.3 Å². The van der Waals surface area contributed by atoms with Crippen molar-refractivity contribution in [3.05, 3.63) is 0 Å². The average Bonchev–Trinajstić information content (AvgIpc) is 2.29. The third-order valence-corrected chi connectivity index (χ3v) is 3.14. The van der Waals surface area contributed by atoms with Crippen LogP contribution in [0.15, 0.2) is 0 Å². The smallest absolute Gasteiger partial charge is 0.309 e. The molecule has 0 N–H and O–H groups in total. The van der Waals surface area contributed by atoms with Gasteiger partial charge in [-0.25, -0.2) is 0 Å². The van der Waals surface area contributed by atoms with E-state index in [1.54, 1.807) is 7.11 Å². The van der Waals surface area contributed by atoms with E-state index in [2.05, 4.69) is 4.90 Å². The molecule has 2 atom stereocenters. The van der Waals surface area contributed by atoms with E-state index in [9.17, 15) is 4.79 Å². The molecule has 94 valence electrons. The first-order valence-corrected chi connectivity index (χ1v) is 5.96. The summed E-state index contributed by atoms with van der Waals surface area (Å²) in [4.78, 5) is 13.7. The number of likely N-dealkylation sites (tertiary alicyclic amines) is 1. The fraction of sp³-hybridized carbons (Fsp3) is 0.917. The normalized spacial score (nSPS) is 24.1. The molecule has 0 amide bonds. The van der Waals surface area contributed by atoms with Gasteiger partial charge in [0.25, 0.3) is 0 Å². The Hall–Kier alpha value is -0.610. The molecule has 4 nitrogen and oxygen atoms in total. The quantitative estimate of drug-likeness (QED) is 0.663. The average molecular weight is 229 g/mol. The van der Waals surface area contributed by atoms with Crippen molar-refractivity contribution < 1.29 is 14.3 Å². The van der Waals surface area contributed by atoms with Crippen molar-refractivity contribution in [1.29, 1.82) is 0 Å². The fourth-order valence-corrected chi connectivity index (χ4v) is 2.35. The molecular weight excluding hydrogens is 206 g/mol. The Labute approximate surface area is 97.9 Å². The van der Waals surface area contributed by atoms with Gasteiger partial charge in [-0.2, -0.15) is 0 Å². The molecule has 0 bridgehead atoms. The maximum atomic E-state index is 11.3. The highest BCUT2D eigenvalue weighted by Gasteiger charge is 2.23. The summed E-state index contributed by atoms with van der Waals surface area (Å²) in [5, 5.41) is 0. The molecule has 0 aliphatic carbocycles. The first kappa shape index (κ1) is 13.5. The van der Waals surface area contributed by atoms with E-state index in [1.165, 1.54) is 20.0 Å². The summed E-state index contributed by atoms with van der Waals surface area (Å²) in [6, 6.07) is 0. The lowest BCUT2D eigenvalue weighted by molar-refractivity contribution is -0.145. The van der Waals surface area contributed by atoms with Crippen LogP contribution in [0.2, 0.25) is 0 Å². The van der Waals surface area contributed by atoms with Gasteiger partial charge in [-0.05, 0) is 25.3 Å². The monoisotopic (exact) mass is 229 g/mol. The number of rotatable bonds is 5. The lowest BCUT2D eigenvalue weighted by Gasteiger charge is -2.33. The number of hydrogen-bond acceptors (Lipinski definition) is 4. The molecule has 0 aromatic rings. The molecular formula is C12H23NO3. The number of esters is 1. The van der Waals surface area contributed by atoms with E-state index < -0.39 is 0 Å². The van der Waals surface area contributed by atoms with Crippen molar-refractivity contribution in [2.45, 2.75) is 19.8 Å². The van der Waals surface area contributed by atoms with E-state index in [1.807, 2.05) is 6.92 Å². The highest BCUT2D eigenvalue weighted by molar-refractivity contribution is 5.72. The van der Waals surface area contributed by atoms with E-state index >= 15 is 0 Å². The molecule has 1 rings (SSSR count). The first-order valence-electron chi connectivity index (χ1n) is 5.96. The molecule has 0 aromatic carbocycles. The van der Waals surface area contributed by atoms with Gasteiger partial charge in [0.05, 0.1) is 19.6 Å². The van der Waals surface area contributed by atoms with Crippen molar-refractivity contribution in [1.82, 2.24) is 4.90 Å². The van der Waals surface area contributed by atoms with E-state index in [4.69, 9.17) is 9.47 Å². The zero-order chi connectivity index (χ0) is 12.0. The Morgan fingerprint density at radius 3 is 2.88 bits per heavy atom. The highest BCUT2D eigenvalue weighted by atomic mass is 16.5. The van der Waals surface area contributed by atoms with Gasteiger partial charge in [0.2, 0.25) is 0 Å². The highest BCUT2D eigenvalue weighted by Crippen LogP contribution is 2.17. The zero-order valence-electron chi connectivity index (χ0n) is 10.6. The van der Waals surface area contributed by atoms with Crippen LogP contribution in [0.4, 0.5) is 0 Å². The Morgan fingerprint density at radius 1 is 1.50 bits per heavy atom. The zero-order valence-corrected chi connectivity index (χ0v) is 10.6. The van der Waals surface area contributed by atoms with Crippen LogP contribution in [0.25, 0.3) is 0 Å². The van der Waals surface area contributed by atoms with Gasteiger partial charge >= 0.3 is 5.97 Å². The lowest BCUT2D eigenvalue weighted by Crippen LogP contribution is -2.41. The molecule has 0 aromatic heterocycles. The minimum absolute atomic E-state index is 0.0358. The molecule has 1 saturated heterocycles. The standard InChI is InChI=1S/C12H23NO3/c1-10(12(14)16-3)7-13-6-4-5-11(8-13)9-15-2/h10-11H,4-9H2,1-3H3. The summed E-state index contributed by atoms with van der Waals surface area (Å²) in [6.45, 7) is 5.67. The topological polar surface area (TPSA) is 38.8 Å². The Kier molecular flexibility index (Phi) is 5.77. The third-order valence-electron chi connectivity index (χ3n) is 3.14. The van der Waals surface area contributed by atoms with Crippen molar-refractivity contribution in [2.24, 2.45) is 11.8 Å². The van der Waals surface area contributed by atoms with Gasteiger partial charge in [-0.3, -0.25) is 4.79 Å². The van der Waals surface area contributed by atoms with Crippen molar-refractivity contribution in [2.75, 3.05) is 40.5 Å². The number of nitrogens with zero attached hydrogens (tertiary/aromatic N) is 1. The van der Waals surface area contributed by atoms with Crippen molar-refractivity contribution >= 4 is 5.97 Å². The van der Waals surface area contributed by atoms with Gasteiger partial charge in [0, 0.05) is 20.2 Å². The van der Waals surface area contributed by atoms with E-state index in [0.717, 1.165) is 26.2 Å². The van der Waals surface area contributed by atoms with Gasteiger partial charge in [0.1, 0.15) is 0 Å². The summed E-state index contributed by atoms with van der Waals surface area (Å²) in [5.41, 5.74) is 0. The molecule has 16 heavy (non-hydrogen) atoms. The molecule has 0 radical (unpaired) electrons. The van der Waals surface area contributed by atoms with E-state index in [0.29, 0.717) is 5.92 Å². The summed E-state index contributed by atoms with van der Waals surface area (Å²) >= 11 is 0. The maximum absolute atomic E-state index is 11.3. The molecule has 1 aliphatic heterocycles. The minimum atomic E-state index is -0.117. The van der Waals surface area contributed by atoms with Crippen LogP contribution in [0, 0.1) is 11.8 Å². The van der Waals surface area contributed by atoms with Gasteiger partial charge in [0.15, 0.2) is 0 Å². The van der Waals surface area contributed by atoms with Crippen LogP contribution in [0.1, 0.15) is 19.8 Å². The minimum Gasteiger partial charge on any atom is -0.469 e. The van der Waals surface area contributed by atoms with E-state index in [-0.39, 0.29) is 11.9 Å². The molecule has 1 heterocycles.